The Labute approximate surface area is 153 Å². The number of aliphatic carboxylic acids is 1. The molecule has 0 saturated carbocycles. The maximum atomic E-state index is 13.3. The average molecular weight is 356 g/mol. The van der Waals surface area contributed by atoms with Crippen molar-refractivity contribution >= 4 is 11.5 Å². The Morgan fingerprint density at radius 1 is 1.31 bits per heavy atom. The first-order valence-corrected chi connectivity index (χ1v) is 9.07. The number of hydrogen-bond donors (Lipinski definition) is 1. The molecule has 1 aromatic heterocycles. The van der Waals surface area contributed by atoms with Crippen LogP contribution in [0.5, 0.6) is 0 Å². The van der Waals surface area contributed by atoms with Crippen molar-refractivity contribution in [1.29, 1.82) is 0 Å². The number of carboxylic acids is 1. The lowest BCUT2D eigenvalue weighted by Gasteiger charge is -2.30. The third-order valence-corrected chi connectivity index (χ3v) is 5.02. The van der Waals surface area contributed by atoms with Crippen LogP contribution in [0.2, 0.25) is 0 Å². The molecule has 1 fully saturated rings. The Kier molecular flexibility index (Phi) is 5.89. The first kappa shape index (κ1) is 18.4. The molecule has 1 aliphatic heterocycles. The lowest BCUT2D eigenvalue weighted by Crippen LogP contribution is -2.39. The van der Waals surface area contributed by atoms with Crippen molar-refractivity contribution in [3.8, 4) is 0 Å². The van der Waals surface area contributed by atoms with Crippen LogP contribution in [0.3, 0.4) is 0 Å². The van der Waals surface area contributed by atoms with E-state index in [0.717, 1.165) is 49.2 Å². The summed E-state index contributed by atoms with van der Waals surface area (Å²) >= 11 is 0. The van der Waals surface area contributed by atoms with E-state index in [1.807, 2.05) is 19.3 Å². The van der Waals surface area contributed by atoms with Gasteiger partial charge >= 0.3 is 5.97 Å². The predicted molar refractivity (Wildman–Crippen MR) is 100 cm³/mol. The molecule has 0 radical (unpaired) electrons. The largest absolute Gasteiger partial charge is 0.481 e. The van der Waals surface area contributed by atoms with E-state index in [1.54, 1.807) is 12.1 Å². The second-order valence-corrected chi connectivity index (χ2v) is 6.90. The molecule has 1 aliphatic rings. The lowest BCUT2D eigenvalue weighted by molar-refractivity contribution is -0.143. The highest BCUT2D eigenvalue weighted by molar-refractivity contribution is 5.78. The second-order valence-electron chi connectivity index (χ2n) is 6.90. The molecule has 3 rings (SSSR count). The highest BCUT2D eigenvalue weighted by atomic mass is 19.1. The first-order chi connectivity index (χ1) is 12.5. The smallest absolute Gasteiger partial charge is 0.307 e. The van der Waals surface area contributed by atoms with E-state index in [0.29, 0.717) is 6.54 Å². The van der Waals surface area contributed by atoms with E-state index in [1.165, 1.54) is 12.1 Å². The molecule has 1 saturated heterocycles. The summed E-state index contributed by atoms with van der Waals surface area (Å²) in [4.78, 5) is 13.4. The minimum absolute atomic E-state index is 0.243. The normalized spacial score (nSPS) is 18.8. The summed E-state index contributed by atoms with van der Waals surface area (Å²) in [5, 5.41) is 9.22. The van der Waals surface area contributed by atoms with E-state index >= 15 is 0 Å². The Bertz CT molecular complexity index is 780. The van der Waals surface area contributed by atoms with Gasteiger partial charge in [-0.2, -0.15) is 0 Å². The minimum Gasteiger partial charge on any atom is -0.481 e. The van der Waals surface area contributed by atoms with Crippen molar-refractivity contribution in [2.24, 2.45) is 13.0 Å². The van der Waals surface area contributed by atoms with Gasteiger partial charge in [-0.1, -0.05) is 18.2 Å². The van der Waals surface area contributed by atoms with Crippen molar-refractivity contribution in [1.82, 2.24) is 9.47 Å². The summed E-state index contributed by atoms with van der Waals surface area (Å²) in [5.74, 6) is -1.19. The molecule has 5 heteroatoms. The van der Waals surface area contributed by atoms with Crippen molar-refractivity contribution in [2.75, 3.05) is 19.6 Å². The number of halogens is 1. The van der Waals surface area contributed by atoms with E-state index in [2.05, 4.69) is 21.6 Å². The third-order valence-electron chi connectivity index (χ3n) is 5.02. The highest BCUT2D eigenvalue weighted by Crippen LogP contribution is 2.25. The summed E-state index contributed by atoms with van der Waals surface area (Å²) in [6.07, 6.45) is 6.70. The molecule has 138 valence electrons. The molecule has 1 atom stereocenters. The molecule has 26 heavy (non-hydrogen) atoms. The molecule has 0 aliphatic carbocycles. The molecule has 4 nitrogen and oxygen atoms in total. The Morgan fingerprint density at radius 3 is 2.73 bits per heavy atom. The summed E-state index contributed by atoms with van der Waals surface area (Å²) in [5.41, 5.74) is 3.14. The fraction of sp³-hybridized carbons (Fsp3) is 0.381. The van der Waals surface area contributed by atoms with Crippen LogP contribution in [0.25, 0.3) is 5.57 Å². The molecule has 2 aromatic rings. The number of carboxylic acid groups (broad SMARTS) is 1. The van der Waals surface area contributed by atoms with Gasteiger partial charge in [-0.15, -0.1) is 0 Å². The summed E-state index contributed by atoms with van der Waals surface area (Å²) in [6, 6.07) is 10.6. The van der Waals surface area contributed by atoms with E-state index in [4.69, 9.17) is 0 Å². The number of likely N-dealkylation sites (tertiary alicyclic amines) is 1. The molecule has 1 N–H and O–H groups in total. The minimum atomic E-state index is -0.693. The van der Waals surface area contributed by atoms with Gasteiger partial charge in [-0.3, -0.25) is 4.79 Å². The summed E-state index contributed by atoms with van der Waals surface area (Å²) in [7, 11) is 1.99. The second kappa shape index (κ2) is 8.32. The van der Waals surface area contributed by atoms with Crippen LogP contribution in [-0.2, 0) is 11.8 Å². The fourth-order valence-electron chi connectivity index (χ4n) is 3.59. The van der Waals surface area contributed by atoms with Crippen LogP contribution in [0, 0.1) is 11.7 Å². The van der Waals surface area contributed by atoms with Crippen LogP contribution >= 0.6 is 0 Å². The molecule has 2 heterocycles. The maximum absolute atomic E-state index is 13.3. The molecule has 0 spiro atoms. The molecular weight excluding hydrogens is 331 g/mol. The topological polar surface area (TPSA) is 45.5 Å². The van der Waals surface area contributed by atoms with Crippen molar-refractivity contribution < 1.29 is 14.3 Å². The standard InChI is InChI=1S/C21H25FN2O2/c1-23-12-4-7-20(23)19(16-8-10-18(22)11-9-16)6-3-14-24-13-2-5-17(15-24)21(25)26/h4,6-12,17H,2-3,5,13-15H2,1H3,(H,25,26)/b19-6-. The van der Waals surface area contributed by atoms with Gasteiger partial charge in [0.1, 0.15) is 5.82 Å². The van der Waals surface area contributed by atoms with Crippen LogP contribution in [0.15, 0.2) is 48.7 Å². The number of aryl methyl sites for hydroxylation is 1. The zero-order valence-electron chi connectivity index (χ0n) is 15.1. The number of aromatic nitrogens is 1. The van der Waals surface area contributed by atoms with E-state index in [9.17, 15) is 14.3 Å². The number of rotatable bonds is 6. The number of nitrogens with zero attached hydrogens (tertiary/aromatic N) is 2. The lowest BCUT2D eigenvalue weighted by atomic mass is 9.97. The van der Waals surface area contributed by atoms with Crippen LogP contribution < -0.4 is 0 Å². The van der Waals surface area contributed by atoms with Gasteiger partial charge in [0.25, 0.3) is 0 Å². The molecule has 1 unspecified atom stereocenters. The van der Waals surface area contributed by atoms with Gasteiger partial charge < -0.3 is 14.6 Å². The Balaban J connectivity index is 1.74. The summed E-state index contributed by atoms with van der Waals surface area (Å²) in [6.45, 7) is 2.41. The van der Waals surface area contributed by atoms with Crippen LogP contribution in [0.1, 0.15) is 30.5 Å². The monoisotopic (exact) mass is 356 g/mol. The number of piperidine rings is 1. The average Bonchev–Trinajstić information content (AvgIpc) is 3.06. The molecule has 0 amide bonds. The number of carbonyl (C=O) groups is 1. The van der Waals surface area contributed by atoms with Gasteiger partial charge in [-0.05, 0) is 55.6 Å². The van der Waals surface area contributed by atoms with Gasteiger partial charge in [0, 0.05) is 37.6 Å². The highest BCUT2D eigenvalue weighted by Gasteiger charge is 2.24. The van der Waals surface area contributed by atoms with Crippen molar-refractivity contribution in [2.45, 2.75) is 19.3 Å². The zero-order chi connectivity index (χ0) is 18.5. The van der Waals surface area contributed by atoms with E-state index < -0.39 is 5.97 Å². The maximum Gasteiger partial charge on any atom is 0.307 e. The third kappa shape index (κ3) is 4.41. The zero-order valence-corrected chi connectivity index (χ0v) is 15.1. The quantitative estimate of drug-likeness (QED) is 0.857. The van der Waals surface area contributed by atoms with Gasteiger partial charge in [0.15, 0.2) is 0 Å². The first-order valence-electron chi connectivity index (χ1n) is 9.07. The van der Waals surface area contributed by atoms with E-state index in [-0.39, 0.29) is 11.7 Å². The van der Waals surface area contributed by atoms with Crippen LogP contribution in [-0.4, -0.2) is 40.2 Å². The summed E-state index contributed by atoms with van der Waals surface area (Å²) < 4.78 is 15.3. The van der Waals surface area contributed by atoms with Crippen LogP contribution in [0.4, 0.5) is 4.39 Å². The Morgan fingerprint density at radius 2 is 2.08 bits per heavy atom. The molecular formula is C21H25FN2O2. The predicted octanol–water partition coefficient (Wildman–Crippen LogP) is 3.78. The van der Waals surface area contributed by atoms with Gasteiger partial charge in [-0.25, -0.2) is 4.39 Å². The molecule has 1 aromatic carbocycles. The number of benzene rings is 1. The van der Waals surface area contributed by atoms with Crippen molar-refractivity contribution in [3.05, 3.63) is 65.7 Å². The van der Waals surface area contributed by atoms with Gasteiger partial charge in [0.05, 0.1) is 5.92 Å². The fourth-order valence-corrected chi connectivity index (χ4v) is 3.59. The number of hydrogen-bond acceptors (Lipinski definition) is 2. The Hall–Kier alpha value is -2.40. The SMILES string of the molecule is Cn1cccc1/C(=C\CCN1CCCC(C(=O)O)C1)c1ccc(F)cc1. The van der Waals surface area contributed by atoms with Gasteiger partial charge in [0.2, 0.25) is 0 Å². The van der Waals surface area contributed by atoms with Crippen molar-refractivity contribution in [3.63, 3.8) is 0 Å². The molecule has 0 bridgehead atoms.